The summed E-state index contributed by atoms with van der Waals surface area (Å²) >= 11 is 0. The molecule has 106 valence electrons. The van der Waals surface area contributed by atoms with Crippen LogP contribution in [0.25, 0.3) is 0 Å². The molecule has 0 atom stereocenters. The van der Waals surface area contributed by atoms with Crippen molar-refractivity contribution >= 4 is 6.03 Å². The number of nitrogens with zero attached hydrogens (tertiary/aromatic N) is 1. The number of hydrogen-bond acceptors (Lipinski definition) is 1. The predicted octanol–water partition coefficient (Wildman–Crippen LogP) is 3.54. The van der Waals surface area contributed by atoms with Crippen molar-refractivity contribution in [3.8, 4) is 0 Å². The number of benzene rings is 1. The maximum atomic E-state index is 11.8. The lowest BCUT2D eigenvalue weighted by atomic mass is 9.87. The average Bonchev–Trinajstić information content (AvgIpc) is 2.37. The van der Waals surface area contributed by atoms with Gasteiger partial charge in [0, 0.05) is 19.6 Å². The van der Waals surface area contributed by atoms with Gasteiger partial charge in [-0.1, -0.05) is 45.0 Å². The predicted molar refractivity (Wildman–Crippen MR) is 80.3 cm³/mol. The Kier molecular flexibility index (Phi) is 5.40. The molecule has 0 saturated heterocycles. The lowest BCUT2D eigenvalue weighted by molar-refractivity contribution is 0.203. The summed E-state index contributed by atoms with van der Waals surface area (Å²) in [6, 6.07) is 8.45. The van der Waals surface area contributed by atoms with Crippen LogP contribution in [0.4, 0.5) is 4.79 Å². The van der Waals surface area contributed by atoms with Gasteiger partial charge in [0.2, 0.25) is 0 Å². The number of carbonyl (C=O) groups excluding carboxylic acids is 1. The Labute approximate surface area is 117 Å². The molecule has 0 aliphatic rings. The van der Waals surface area contributed by atoms with Crippen molar-refractivity contribution in [2.45, 2.75) is 46.6 Å². The number of hydrogen-bond donors (Lipinski definition) is 1. The average molecular weight is 262 g/mol. The minimum Gasteiger partial charge on any atom is -0.334 e. The van der Waals surface area contributed by atoms with E-state index in [-0.39, 0.29) is 11.4 Å². The summed E-state index contributed by atoms with van der Waals surface area (Å²) < 4.78 is 0. The number of nitrogens with one attached hydrogen (secondary N) is 1. The van der Waals surface area contributed by atoms with Crippen LogP contribution in [0.3, 0.4) is 0 Å². The van der Waals surface area contributed by atoms with E-state index in [2.05, 4.69) is 50.4 Å². The molecule has 0 heterocycles. The largest absolute Gasteiger partial charge is 0.334 e. The van der Waals surface area contributed by atoms with Crippen LogP contribution in [-0.4, -0.2) is 24.0 Å². The smallest absolute Gasteiger partial charge is 0.317 e. The van der Waals surface area contributed by atoms with Crippen LogP contribution in [0.1, 0.15) is 45.7 Å². The number of urea groups is 1. The van der Waals surface area contributed by atoms with Gasteiger partial charge in [-0.3, -0.25) is 0 Å². The van der Waals surface area contributed by atoms with Gasteiger partial charge < -0.3 is 10.2 Å². The lowest BCUT2D eigenvalue weighted by Crippen LogP contribution is -2.39. The molecular formula is C16H26N2O. The number of rotatable bonds is 4. The summed E-state index contributed by atoms with van der Waals surface area (Å²) in [5.74, 6) is 0. The van der Waals surface area contributed by atoms with E-state index < -0.39 is 0 Å². The van der Waals surface area contributed by atoms with E-state index >= 15 is 0 Å². The maximum Gasteiger partial charge on any atom is 0.317 e. The molecule has 1 rings (SSSR count). The fourth-order valence-corrected chi connectivity index (χ4v) is 1.92. The molecule has 19 heavy (non-hydrogen) atoms. The second-order valence-corrected chi connectivity index (χ2v) is 5.78. The van der Waals surface area contributed by atoms with Gasteiger partial charge in [-0.05, 0) is 30.4 Å². The zero-order valence-corrected chi connectivity index (χ0v) is 12.8. The molecule has 3 nitrogen and oxygen atoms in total. The first-order valence-electron chi connectivity index (χ1n) is 7.00. The van der Waals surface area contributed by atoms with E-state index in [1.807, 2.05) is 13.8 Å². The highest BCUT2D eigenvalue weighted by molar-refractivity contribution is 5.74. The normalized spacial score (nSPS) is 11.2. The van der Waals surface area contributed by atoms with Gasteiger partial charge in [-0.25, -0.2) is 4.79 Å². The van der Waals surface area contributed by atoms with E-state index in [0.29, 0.717) is 6.54 Å². The highest BCUT2D eigenvalue weighted by Crippen LogP contribution is 2.22. The first kappa shape index (κ1) is 15.5. The molecule has 0 aliphatic heterocycles. The third-order valence-electron chi connectivity index (χ3n) is 3.31. The summed E-state index contributed by atoms with van der Waals surface area (Å²) in [6.45, 7) is 12.6. The molecule has 2 amide bonds. The van der Waals surface area contributed by atoms with Crippen LogP contribution < -0.4 is 5.32 Å². The van der Waals surface area contributed by atoms with Crippen molar-refractivity contribution in [1.29, 1.82) is 0 Å². The minimum atomic E-state index is 0.00454. The molecule has 1 aromatic rings. The molecule has 0 aliphatic carbocycles. The van der Waals surface area contributed by atoms with Gasteiger partial charge in [0.15, 0.2) is 0 Å². The van der Waals surface area contributed by atoms with Crippen LogP contribution in [0.15, 0.2) is 24.3 Å². The monoisotopic (exact) mass is 262 g/mol. The maximum absolute atomic E-state index is 11.8. The van der Waals surface area contributed by atoms with Crippen molar-refractivity contribution < 1.29 is 4.79 Å². The molecule has 0 aromatic heterocycles. The van der Waals surface area contributed by atoms with Crippen LogP contribution in [-0.2, 0) is 12.0 Å². The van der Waals surface area contributed by atoms with Crippen molar-refractivity contribution in [2.24, 2.45) is 0 Å². The molecule has 0 bridgehead atoms. The van der Waals surface area contributed by atoms with Crippen LogP contribution >= 0.6 is 0 Å². The van der Waals surface area contributed by atoms with Crippen LogP contribution in [0.2, 0.25) is 0 Å². The molecule has 0 radical (unpaired) electrons. The van der Waals surface area contributed by atoms with Gasteiger partial charge in [-0.2, -0.15) is 0 Å². The first-order valence-corrected chi connectivity index (χ1v) is 7.00. The third kappa shape index (κ3) is 4.58. The van der Waals surface area contributed by atoms with Gasteiger partial charge in [0.25, 0.3) is 0 Å². The van der Waals surface area contributed by atoms with E-state index in [1.54, 1.807) is 4.90 Å². The van der Waals surface area contributed by atoms with Crippen molar-refractivity contribution in [2.75, 3.05) is 13.1 Å². The van der Waals surface area contributed by atoms with Crippen molar-refractivity contribution in [3.63, 3.8) is 0 Å². The SMILES string of the molecule is CCN(CC)C(=O)NCc1ccc(C(C)(C)C)cc1. The molecule has 0 spiro atoms. The highest BCUT2D eigenvalue weighted by Gasteiger charge is 2.13. The molecule has 0 fully saturated rings. The van der Waals surface area contributed by atoms with E-state index in [0.717, 1.165) is 18.7 Å². The summed E-state index contributed by atoms with van der Waals surface area (Å²) in [7, 11) is 0. The molecule has 1 aromatic carbocycles. The summed E-state index contributed by atoms with van der Waals surface area (Å²) in [6.07, 6.45) is 0. The van der Waals surface area contributed by atoms with E-state index in [4.69, 9.17) is 0 Å². The molecule has 1 N–H and O–H groups in total. The van der Waals surface area contributed by atoms with E-state index in [1.165, 1.54) is 5.56 Å². The Balaban J connectivity index is 2.57. The summed E-state index contributed by atoms with van der Waals surface area (Å²) in [5.41, 5.74) is 2.61. The highest BCUT2D eigenvalue weighted by atomic mass is 16.2. The van der Waals surface area contributed by atoms with Crippen LogP contribution in [0, 0.1) is 0 Å². The van der Waals surface area contributed by atoms with Gasteiger partial charge in [-0.15, -0.1) is 0 Å². The van der Waals surface area contributed by atoms with Gasteiger partial charge >= 0.3 is 6.03 Å². The molecule has 3 heteroatoms. The van der Waals surface area contributed by atoms with Gasteiger partial charge in [0.1, 0.15) is 0 Å². The standard InChI is InChI=1S/C16H26N2O/c1-6-18(7-2)15(19)17-12-13-8-10-14(11-9-13)16(3,4)5/h8-11H,6-7,12H2,1-5H3,(H,17,19). The topological polar surface area (TPSA) is 32.3 Å². The Morgan fingerprint density at radius 2 is 1.63 bits per heavy atom. The summed E-state index contributed by atoms with van der Waals surface area (Å²) in [4.78, 5) is 13.6. The lowest BCUT2D eigenvalue weighted by Gasteiger charge is -2.20. The molecular weight excluding hydrogens is 236 g/mol. The first-order chi connectivity index (χ1) is 8.88. The Morgan fingerprint density at radius 3 is 2.05 bits per heavy atom. The Morgan fingerprint density at radius 1 is 1.11 bits per heavy atom. The quantitative estimate of drug-likeness (QED) is 0.884. The number of amides is 2. The fraction of sp³-hybridized carbons (Fsp3) is 0.562. The Hall–Kier alpha value is -1.51. The van der Waals surface area contributed by atoms with Crippen LogP contribution in [0.5, 0.6) is 0 Å². The Bertz CT molecular complexity index is 400. The molecule has 0 unspecified atom stereocenters. The zero-order chi connectivity index (χ0) is 14.5. The minimum absolute atomic E-state index is 0.00454. The van der Waals surface area contributed by atoms with E-state index in [9.17, 15) is 4.79 Å². The number of carbonyl (C=O) groups is 1. The van der Waals surface area contributed by atoms with Gasteiger partial charge in [0.05, 0.1) is 0 Å². The fourth-order valence-electron chi connectivity index (χ4n) is 1.92. The third-order valence-corrected chi connectivity index (χ3v) is 3.31. The summed E-state index contributed by atoms with van der Waals surface area (Å²) in [5, 5.41) is 2.95. The van der Waals surface area contributed by atoms with Crippen molar-refractivity contribution in [1.82, 2.24) is 10.2 Å². The second-order valence-electron chi connectivity index (χ2n) is 5.78. The van der Waals surface area contributed by atoms with Crippen molar-refractivity contribution in [3.05, 3.63) is 35.4 Å². The zero-order valence-electron chi connectivity index (χ0n) is 12.8. The molecule has 0 saturated carbocycles. The second kappa shape index (κ2) is 6.60.